The minimum Gasteiger partial charge on any atom is -0.508 e. The van der Waals surface area contributed by atoms with Gasteiger partial charge in [-0.25, -0.2) is 4.79 Å². The molecule has 1 amide bonds. The predicted octanol–water partition coefficient (Wildman–Crippen LogP) is 5.09. The second-order valence-corrected chi connectivity index (χ2v) is 17.0. The van der Waals surface area contributed by atoms with E-state index in [2.05, 4.69) is 39.2 Å². The Morgan fingerprint density at radius 2 is 1.49 bits per heavy atom. The monoisotopic (exact) mass is 509 g/mol. The SMILES string of the molecule is CC(C)(C)OC(=O)C[C@H](NC(=O)c1cc(O)ccc1CO[Si](C)(C)C(C)(C)C)C(=O)OC(C)(C)C. The molecule has 0 saturated heterocycles. The molecule has 0 fully saturated rings. The van der Waals surface area contributed by atoms with Crippen LogP contribution in [0.5, 0.6) is 5.75 Å². The highest BCUT2D eigenvalue weighted by Crippen LogP contribution is 2.37. The van der Waals surface area contributed by atoms with Crippen molar-refractivity contribution < 1.29 is 33.4 Å². The number of hydrogen-bond acceptors (Lipinski definition) is 7. The molecule has 2 N–H and O–H groups in total. The van der Waals surface area contributed by atoms with Gasteiger partial charge in [0.1, 0.15) is 23.0 Å². The van der Waals surface area contributed by atoms with Crippen LogP contribution in [0.4, 0.5) is 0 Å². The summed E-state index contributed by atoms with van der Waals surface area (Å²) in [4.78, 5) is 38.5. The number of rotatable bonds is 8. The van der Waals surface area contributed by atoms with Crippen LogP contribution in [0.1, 0.15) is 84.7 Å². The molecule has 0 heterocycles. The Hall–Kier alpha value is -2.39. The first-order valence-electron chi connectivity index (χ1n) is 11.8. The van der Waals surface area contributed by atoms with Crippen LogP contribution in [0.15, 0.2) is 18.2 Å². The van der Waals surface area contributed by atoms with Crippen molar-refractivity contribution >= 4 is 26.2 Å². The summed E-state index contributed by atoms with van der Waals surface area (Å²) in [5.41, 5.74) is -0.855. The van der Waals surface area contributed by atoms with Crippen LogP contribution in [-0.2, 0) is 30.1 Å². The van der Waals surface area contributed by atoms with Gasteiger partial charge in [-0.3, -0.25) is 9.59 Å². The number of carbonyl (C=O) groups excluding carboxylic acids is 3. The number of esters is 2. The number of carbonyl (C=O) groups is 3. The molecular formula is C26H43NO7Si. The fourth-order valence-electron chi connectivity index (χ4n) is 2.73. The highest BCUT2D eigenvalue weighted by atomic mass is 28.4. The summed E-state index contributed by atoms with van der Waals surface area (Å²) in [6, 6.07) is 3.15. The normalized spacial score (nSPS) is 13.7. The maximum Gasteiger partial charge on any atom is 0.329 e. The third-order valence-electron chi connectivity index (χ3n) is 5.52. The van der Waals surface area contributed by atoms with E-state index in [0.29, 0.717) is 5.56 Å². The van der Waals surface area contributed by atoms with Gasteiger partial charge >= 0.3 is 11.9 Å². The van der Waals surface area contributed by atoms with E-state index in [-0.39, 0.29) is 23.0 Å². The number of phenolic OH excluding ortho intramolecular Hbond substituents is 1. The highest BCUT2D eigenvalue weighted by Gasteiger charge is 2.37. The molecule has 35 heavy (non-hydrogen) atoms. The Balaban J connectivity index is 3.21. The number of nitrogens with one attached hydrogen (secondary N) is 1. The third kappa shape index (κ3) is 10.4. The van der Waals surface area contributed by atoms with E-state index in [1.165, 1.54) is 12.1 Å². The van der Waals surface area contributed by atoms with E-state index in [1.54, 1.807) is 47.6 Å². The van der Waals surface area contributed by atoms with Crippen molar-refractivity contribution in [3.05, 3.63) is 29.3 Å². The van der Waals surface area contributed by atoms with Crippen molar-refractivity contribution in [1.29, 1.82) is 0 Å². The minimum absolute atomic E-state index is 0.0262. The van der Waals surface area contributed by atoms with Crippen LogP contribution >= 0.6 is 0 Å². The highest BCUT2D eigenvalue weighted by molar-refractivity contribution is 6.74. The second kappa shape index (κ2) is 11.1. The molecule has 0 aliphatic heterocycles. The van der Waals surface area contributed by atoms with E-state index in [9.17, 15) is 19.5 Å². The Kier molecular flexibility index (Phi) is 9.73. The average molecular weight is 510 g/mol. The topological polar surface area (TPSA) is 111 Å². The number of aromatic hydroxyl groups is 1. The largest absolute Gasteiger partial charge is 0.508 e. The van der Waals surface area contributed by atoms with Gasteiger partial charge in [0.25, 0.3) is 5.91 Å². The Bertz CT molecular complexity index is 921. The van der Waals surface area contributed by atoms with Crippen LogP contribution in [0.2, 0.25) is 18.1 Å². The number of hydrogen-bond donors (Lipinski definition) is 2. The minimum atomic E-state index is -2.11. The standard InChI is InChI=1S/C26H43NO7Si/c1-24(2,3)33-21(29)15-20(23(31)34-25(4,5)6)27-22(30)19-14-18(28)13-12-17(19)16-32-35(10,11)26(7,8)9/h12-14,20,28H,15-16H2,1-11H3,(H,27,30)/t20-/m0/s1. The van der Waals surface area contributed by atoms with Crippen LogP contribution < -0.4 is 5.32 Å². The number of ether oxygens (including phenoxy) is 2. The number of phenols is 1. The molecule has 8 nitrogen and oxygen atoms in total. The molecule has 0 aromatic heterocycles. The molecule has 0 unspecified atom stereocenters. The quantitative estimate of drug-likeness (QED) is 0.371. The summed E-state index contributed by atoms with van der Waals surface area (Å²) in [5, 5.41) is 12.6. The Morgan fingerprint density at radius 1 is 0.943 bits per heavy atom. The van der Waals surface area contributed by atoms with Gasteiger partial charge in [0.05, 0.1) is 13.0 Å². The molecule has 0 aliphatic rings. The fourth-order valence-corrected chi connectivity index (χ4v) is 3.68. The summed E-state index contributed by atoms with van der Waals surface area (Å²) in [5.74, 6) is -2.14. The first-order chi connectivity index (χ1) is 15.6. The lowest BCUT2D eigenvalue weighted by molar-refractivity contribution is -0.164. The average Bonchev–Trinajstić information content (AvgIpc) is 2.62. The van der Waals surface area contributed by atoms with Crippen LogP contribution in [-0.4, -0.2) is 48.5 Å². The molecule has 0 bridgehead atoms. The van der Waals surface area contributed by atoms with Crippen molar-refractivity contribution in [3.8, 4) is 5.75 Å². The van der Waals surface area contributed by atoms with E-state index < -0.39 is 49.8 Å². The molecule has 198 valence electrons. The summed E-state index contributed by atoms with van der Waals surface area (Å²) >= 11 is 0. The summed E-state index contributed by atoms with van der Waals surface area (Å²) in [7, 11) is -2.11. The van der Waals surface area contributed by atoms with Gasteiger partial charge in [-0.2, -0.15) is 0 Å². The molecule has 0 radical (unpaired) electrons. The summed E-state index contributed by atoms with van der Waals surface area (Å²) in [6.07, 6.45) is -0.396. The van der Waals surface area contributed by atoms with Crippen LogP contribution in [0, 0.1) is 0 Å². The number of benzene rings is 1. The predicted molar refractivity (Wildman–Crippen MR) is 138 cm³/mol. The van der Waals surface area contributed by atoms with E-state index in [0.717, 1.165) is 0 Å². The van der Waals surface area contributed by atoms with Gasteiger partial charge < -0.3 is 24.3 Å². The molecule has 1 rings (SSSR count). The van der Waals surface area contributed by atoms with Crippen molar-refractivity contribution in [3.63, 3.8) is 0 Å². The van der Waals surface area contributed by atoms with Crippen molar-refractivity contribution in [2.75, 3.05) is 0 Å². The molecule has 1 atom stereocenters. The van der Waals surface area contributed by atoms with Crippen molar-refractivity contribution in [2.45, 2.75) is 111 Å². The number of amides is 1. The molecule has 0 spiro atoms. The third-order valence-corrected chi connectivity index (χ3v) is 10.00. The lowest BCUT2D eigenvalue weighted by Gasteiger charge is -2.36. The van der Waals surface area contributed by atoms with Crippen molar-refractivity contribution in [2.24, 2.45) is 0 Å². The lowest BCUT2D eigenvalue weighted by Crippen LogP contribution is -2.46. The zero-order valence-electron chi connectivity index (χ0n) is 23.1. The molecule has 0 saturated carbocycles. The molecule has 1 aromatic carbocycles. The molecule has 0 aliphatic carbocycles. The second-order valence-electron chi connectivity index (χ2n) is 12.2. The zero-order chi connectivity index (χ0) is 27.4. The maximum atomic E-state index is 13.3. The van der Waals surface area contributed by atoms with Crippen molar-refractivity contribution in [1.82, 2.24) is 5.32 Å². The lowest BCUT2D eigenvalue weighted by atomic mass is 10.1. The van der Waals surface area contributed by atoms with Crippen LogP contribution in [0.25, 0.3) is 0 Å². The van der Waals surface area contributed by atoms with Gasteiger partial charge in [0.2, 0.25) is 0 Å². The van der Waals surface area contributed by atoms with Gasteiger partial charge in [-0.05, 0) is 77.4 Å². The Morgan fingerprint density at radius 3 is 1.97 bits per heavy atom. The van der Waals surface area contributed by atoms with Gasteiger partial charge in [-0.15, -0.1) is 0 Å². The van der Waals surface area contributed by atoms with Gasteiger partial charge in [0.15, 0.2) is 8.32 Å². The zero-order valence-corrected chi connectivity index (χ0v) is 24.1. The first kappa shape index (κ1) is 30.6. The summed E-state index contributed by atoms with van der Waals surface area (Å²) < 4.78 is 17.0. The van der Waals surface area contributed by atoms with E-state index >= 15 is 0 Å². The fraction of sp³-hybridized carbons (Fsp3) is 0.654. The maximum absolute atomic E-state index is 13.3. The summed E-state index contributed by atoms with van der Waals surface area (Å²) in [6.45, 7) is 21.0. The van der Waals surface area contributed by atoms with Crippen LogP contribution in [0.3, 0.4) is 0 Å². The first-order valence-corrected chi connectivity index (χ1v) is 14.7. The van der Waals surface area contributed by atoms with E-state index in [4.69, 9.17) is 13.9 Å². The molecular weight excluding hydrogens is 466 g/mol. The van der Waals surface area contributed by atoms with E-state index in [1.807, 2.05) is 0 Å². The molecule has 1 aromatic rings. The smallest absolute Gasteiger partial charge is 0.329 e. The van der Waals surface area contributed by atoms with Gasteiger partial charge in [0, 0.05) is 5.56 Å². The van der Waals surface area contributed by atoms with Gasteiger partial charge in [-0.1, -0.05) is 26.8 Å². The Labute approximate surface area is 210 Å². The molecule has 9 heteroatoms.